The molecule has 1 aromatic rings. The van der Waals surface area contributed by atoms with Crippen molar-refractivity contribution in [3.8, 4) is 0 Å². The van der Waals surface area contributed by atoms with Gasteiger partial charge in [0.25, 0.3) is 0 Å². The van der Waals surface area contributed by atoms with E-state index in [0.29, 0.717) is 5.69 Å². The van der Waals surface area contributed by atoms with Crippen LogP contribution in [0.3, 0.4) is 0 Å². The van der Waals surface area contributed by atoms with Gasteiger partial charge in [0.15, 0.2) is 0 Å². The van der Waals surface area contributed by atoms with Gasteiger partial charge in [0.2, 0.25) is 0 Å². The van der Waals surface area contributed by atoms with Crippen LogP contribution in [-0.4, -0.2) is 10.8 Å². The van der Waals surface area contributed by atoms with Gasteiger partial charge in [0.1, 0.15) is 11.5 Å². The molecule has 1 rings (SSSR count). The summed E-state index contributed by atoms with van der Waals surface area (Å²) in [6, 6.07) is 0. The van der Waals surface area contributed by atoms with Crippen LogP contribution in [-0.2, 0) is 0 Å². The van der Waals surface area contributed by atoms with Crippen molar-refractivity contribution in [1.82, 2.24) is 4.98 Å². The number of nitrogens with one attached hydrogen (secondary N) is 1. The van der Waals surface area contributed by atoms with Gasteiger partial charge in [-0.1, -0.05) is 0 Å². The highest BCUT2D eigenvalue weighted by Crippen LogP contribution is 2.05. The molecule has 0 fully saturated rings. The van der Waals surface area contributed by atoms with Crippen molar-refractivity contribution in [1.29, 1.82) is 5.41 Å². The summed E-state index contributed by atoms with van der Waals surface area (Å²) in [5.74, 6) is 0.0411. The molecule has 4 heteroatoms. The first-order chi connectivity index (χ1) is 4.20. The van der Waals surface area contributed by atoms with Crippen LogP contribution in [0.1, 0.15) is 10.7 Å². The molecule has 48 valence electrons. The number of nitrogens with zero attached hydrogens (tertiary/aromatic N) is 1. The van der Waals surface area contributed by atoms with Crippen molar-refractivity contribution in [2.24, 2.45) is 5.73 Å². The molecule has 0 saturated carbocycles. The van der Waals surface area contributed by atoms with E-state index in [1.165, 1.54) is 11.3 Å². The van der Waals surface area contributed by atoms with Crippen molar-refractivity contribution < 1.29 is 0 Å². The Bertz CT molecular complexity index is 228. The minimum atomic E-state index is 0.0411. The molecule has 3 nitrogen and oxygen atoms in total. The molecule has 0 radical (unpaired) electrons. The second-order valence-electron chi connectivity index (χ2n) is 1.67. The number of rotatable bonds is 1. The largest absolute Gasteiger partial charge is 0.382 e. The first kappa shape index (κ1) is 6.22. The lowest BCUT2D eigenvalue weighted by Gasteiger charge is -1.85. The third-order valence-corrected chi connectivity index (χ3v) is 1.67. The molecule has 1 heterocycles. The Kier molecular flexibility index (Phi) is 1.48. The highest BCUT2D eigenvalue weighted by Gasteiger charge is 1.98. The summed E-state index contributed by atoms with van der Waals surface area (Å²) in [6.45, 7) is 1.89. The van der Waals surface area contributed by atoms with E-state index in [1.807, 2.05) is 6.92 Å². The molecule has 9 heavy (non-hydrogen) atoms. The topological polar surface area (TPSA) is 62.8 Å². The first-order valence-electron chi connectivity index (χ1n) is 2.46. The Labute approximate surface area is 57.0 Å². The molecule has 0 aliphatic carbocycles. The lowest BCUT2D eigenvalue weighted by Crippen LogP contribution is -2.11. The Morgan fingerprint density at radius 2 is 2.56 bits per heavy atom. The minimum absolute atomic E-state index is 0.0411. The van der Waals surface area contributed by atoms with E-state index in [0.717, 1.165) is 5.01 Å². The number of nitrogens with two attached hydrogens (primary N) is 1. The van der Waals surface area contributed by atoms with Gasteiger partial charge in [0.05, 0.1) is 5.01 Å². The van der Waals surface area contributed by atoms with Crippen LogP contribution >= 0.6 is 11.3 Å². The quantitative estimate of drug-likeness (QED) is 0.447. The minimum Gasteiger partial charge on any atom is -0.382 e. The van der Waals surface area contributed by atoms with Crippen LogP contribution in [0.2, 0.25) is 0 Å². The number of aryl methyl sites for hydroxylation is 1. The summed E-state index contributed by atoms with van der Waals surface area (Å²) in [5.41, 5.74) is 5.74. The number of aromatic nitrogens is 1. The van der Waals surface area contributed by atoms with Gasteiger partial charge in [-0.3, -0.25) is 5.41 Å². The van der Waals surface area contributed by atoms with E-state index in [9.17, 15) is 0 Å². The predicted molar refractivity (Wildman–Crippen MR) is 37.9 cm³/mol. The fraction of sp³-hybridized carbons (Fsp3) is 0.200. The molecule has 0 atom stereocenters. The summed E-state index contributed by atoms with van der Waals surface area (Å²) in [7, 11) is 0. The van der Waals surface area contributed by atoms with Crippen LogP contribution < -0.4 is 5.73 Å². The summed E-state index contributed by atoms with van der Waals surface area (Å²) >= 11 is 1.50. The van der Waals surface area contributed by atoms with Crippen LogP contribution in [0.4, 0.5) is 0 Å². The predicted octanol–water partition coefficient (Wildman–Crippen LogP) is 0.736. The summed E-state index contributed by atoms with van der Waals surface area (Å²) in [4.78, 5) is 3.98. The van der Waals surface area contributed by atoms with Crippen LogP contribution in [0, 0.1) is 12.3 Å². The lowest BCUT2D eigenvalue weighted by molar-refractivity contribution is 1.25. The van der Waals surface area contributed by atoms with Gasteiger partial charge in [-0.25, -0.2) is 4.98 Å². The fourth-order valence-electron chi connectivity index (χ4n) is 0.487. The highest BCUT2D eigenvalue weighted by atomic mass is 32.1. The monoisotopic (exact) mass is 141 g/mol. The molecule has 0 aliphatic rings. The maximum Gasteiger partial charge on any atom is 0.142 e. The SMILES string of the molecule is Cc1nc(C(=N)N)cs1. The van der Waals surface area contributed by atoms with E-state index < -0.39 is 0 Å². The standard InChI is InChI=1S/C5H7N3S/c1-3-8-4(2-9-3)5(6)7/h2H,1H3,(H3,6,7). The number of hydrogen-bond acceptors (Lipinski definition) is 3. The maximum absolute atomic E-state index is 6.97. The molecule has 0 bridgehead atoms. The molecular weight excluding hydrogens is 134 g/mol. The Hall–Kier alpha value is -0.900. The number of hydrogen-bond donors (Lipinski definition) is 2. The zero-order chi connectivity index (χ0) is 6.85. The summed E-state index contributed by atoms with van der Waals surface area (Å²) < 4.78 is 0. The van der Waals surface area contributed by atoms with Crippen LogP contribution in [0.5, 0.6) is 0 Å². The third kappa shape index (κ3) is 1.26. The second kappa shape index (κ2) is 2.14. The first-order valence-corrected chi connectivity index (χ1v) is 3.34. The molecule has 1 aromatic heterocycles. The number of thiazole rings is 1. The maximum atomic E-state index is 6.97. The number of nitrogen functional groups attached to an aromatic ring is 1. The van der Waals surface area contributed by atoms with Crippen molar-refractivity contribution in [3.63, 3.8) is 0 Å². The smallest absolute Gasteiger partial charge is 0.142 e. The zero-order valence-electron chi connectivity index (χ0n) is 5.01. The molecule has 3 N–H and O–H groups in total. The van der Waals surface area contributed by atoms with Gasteiger partial charge in [-0.15, -0.1) is 11.3 Å². The highest BCUT2D eigenvalue weighted by molar-refractivity contribution is 7.09. The van der Waals surface area contributed by atoms with E-state index in [4.69, 9.17) is 11.1 Å². The zero-order valence-corrected chi connectivity index (χ0v) is 5.83. The summed E-state index contributed by atoms with van der Waals surface area (Å²) in [6.07, 6.45) is 0. The Morgan fingerprint density at radius 3 is 2.78 bits per heavy atom. The van der Waals surface area contributed by atoms with Gasteiger partial charge < -0.3 is 5.73 Å². The van der Waals surface area contributed by atoms with E-state index >= 15 is 0 Å². The third-order valence-electron chi connectivity index (χ3n) is 0.895. The van der Waals surface area contributed by atoms with Crippen LogP contribution in [0.15, 0.2) is 5.38 Å². The molecule has 0 unspecified atom stereocenters. The van der Waals surface area contributed by atoms with E-state index in [-0.39, 0.29) is 5.84 Å². The second-order valence-corrected chi connectivity index (χ2v) is 2.73. The molecule has 0 aliphatic heterocycles. The fourth-order valence-corrected chi connectivity index (χ4v) is 1.10. The molecular formula is C5H7N3S. The normalized spacial score (nSPS) is 9.44. The van der Waals surface area contributed by atoms with Crippen molar-refractivity contribution in [2.75, 3.05) is 0 Å². The van der Waals surface area contributed by atoms with E-state index in [1.54, 1.807) is 5.38 Å². The van der Waals surface area contributed by atoms with Gasteiger partial charge >= 0.3 is 0 Å². The van der Waals surface area contributed by atoms with Crippen molar-refractivity contribution in [2.45, 2.75) is 6.92 Å². The lowest BCUT2D eigenvalue weighted by atomic mass is 10.5. The van der Waals surface area contributed by atoms with Gasteiger partial charge in [-0.05, 0) is 6.92 Å². The molecule has 0 amide bonds. The van der Waals surface area contributed by atoms with Crippen molar-refractivity contribution >= 4 is 17.2 Å². The van der Waals surface area contributed by atoms with Gasteiger partial charge in [-0.2, -0.15) is 0 Å². The van der Waals surface area contributed by atoms with Crippen LogP contribution in [0.25, 0.3) is 0 Å². The average molecular weight is 141 g/mol. The van der Waals surface area contributed by atoms with Crippen molar-refractivity contribution in [3.05, 3.63) is 16.1 Å². The number of amidine groups is 1. The van der Waals surface area contributed by atoms with Gasteiger partial charge in [0, 0.05) is 5.38 Å². The molecule has 0 spiro atoms. The molecule has 0 aromatic carbocycles. The average Bonchev–Trinajstić information content (AvgIpc) is 2.14. The summed E-state index contributed by atoms with van der Waals surface area (Å²) in [5, 5.41) is 9.69. The van der Waals surface area contributed by atoms with E-state index in [2.05, 4.69) is 4.98 Å². The Morgan fingerprint density at radius 1 is 1.89 bits per heavy atom. The molecule has 0 saturated heterocycles. The Balaban J connectivity index is 2.98.